The lowest BCUT2D eigenvalue weighted by Crippen LogP contribution is -2.23. The van der Waals surface area contributed by atoms with Crippen LogP contribution in [0.25, 0.3) is 11.4 Å². The van der Waals surface area contributed by atoms with E-state index in [1.54, 1.807) is 43.3 Å². The second-order valence-corrected chi connectivity index (χ2v) is 8.59. The lowest BCUT2D eigenvalue weighted by molar-refractivity contribution is -0.115. The molecule has 1 unspecified atom stereocenters. The van der Waals surface area contributed by atoms with Crippen molar-refractivity contribution in [2.75, 3.05) is 5.32 Å². The van der Waals surface area contributed by atoms with E-state index in [1.165, 1.54) is 11.8 Å². The van der Waals surface area contributed by atoms with Crippen molar-refractivity contribution in [1.29, 1.82) is 0 Å². The fraction of sp³-hybridized carbons (Fsp3) is 0.150. The van der Waals surface area contributed by atoms with Crippen molar-refractivity contribution < 1.29 is 4.79 Å². The van der Waals surface area contributed by atoms with Gasteiger partial charge in [-0.25, -0.2) is 0 Å². The summed E-state index contributed by atoms with van der Waals surface area (Å²) in [6, 6.07) is 12.4. The molecule has 0 radical (unpaired) electrons. The third kappa shape index (κ3) is 5.14. The Labute approximate surface area is 188 Å². The van der Waals surface area contributed by atoms with Crippen LogP contribution < -0.4 is 5.32 Å². The SMILES string of the molecule is C=CCn1c(SC(C)C(=O)Nc2cccc(Cl)c2Cl)nnc1-c1ccc(Cl)cc1. The first-order chi connectivity index (χ1) is 13.9. The minimum absolute atomic E-state index is 0.222. The molecule has 0 aliphatic rings. The molecule has 3 aromatic rings. The molecule has 0 fully saturated rings. The van der Waals surface area contributed by atoms with E-state index in [-0.39, 0.29) is 5.91 Å². The molecule has 1 aromatic heterocycles. The van der Waals surface area contributed by atoms with Gasteiger partial charge in [0.25, 0.3) is 0 Å². The van der Waals surface area contributed by atoms with E-state index >= 15 is 0 Å². The minimum atomic E-state index is -0.448. The van der Waals surface area contributed by atoms with Crippen LogP contribution in [0.1, 0.15) is 6.92 Å². The zero-order chi connectivity index (χ0) is 21.0. The molecule has 3 rings (SSSR count). The van der Waals surface area contributed by atoms with Crippen molar-refractivity contribution in [3.8, 4) is 11.4 Å². The molecule has 1 heterocycles. The lowest BCUT2D eigenvalue weighted by Gasteiger charge is -2.14. The van der Waals surface area contributed by atoms with Crippen molar-refractivity contribution in [3.05, 3.63) is 70.2 Å². The molecule has 1 amide bonds. The summed E-state index contributed by atoms with van der Waals surface area (Å²) in [5.41, 5.74) is 1.34. The topological polar surface area (TPSA) is 59.8 Å². The Hall–Kier alpha value is -1.99. The molecule has 2 aromatic carbocycles. The van der Waals surface area contributed by atoms with E-state index in [4.69, 9.17) is 34.8 Å². The molecule has 29 heavy (non-hydrogen) atoms. The number of hydrogen-bond acceptors (Lipinski definition) is 4. The van der Waals surface area contributed by atoms with Crippen molar-refractivity contribution in [2.24, 2.45) is 0 Å². The van der Waals surface area contributed by atoms with Gasteiger partial charge >= 0.3 is 0 Å². The first-order valence-corrected chi connectivity index (χ1v) is 10.6. The number of carbonyl (C=O) groups is 1. The van der Waals surface area contributed by atoms with Gasteiger partial charge in [-0.15, -0.1) is 16.8 Å². The van der Waals surface area contributed by atoms with Gasteiger partial charge < -0.3 is 5.32 Å². The second kappa shape index (κ2) is 9.67. The molecule has 0 spiro atoms. The standard InChI is InChI=1S/C20H17Cl3N4OS/c1-3-11-27-18(13-7-9-14(21)10-8-13)25-26-20(27)29-12(2)19(28)24-16-6-4-5-15(22)17(16)23/h3-10,12H,1,11H2,2H3,(H,24,28). The van der Waals surface area contributed by atoms with Crippen LogP contribution in [-0.2, 0) is 11.3 Å². The van der Waals surface area contributed by atoms with E-state index in [0.717, 1.165) is 5.56 Å². The maximum atomic E-state index is 12.6. The number of nitrogens with one attached hydrogen (secondary N) is 1. The first kappa shape index (κ1) is 21.7. The number of carbonyl (C=O) groups excluding carboxylic acids is 1. The van der Waals surface area contributed by atoms with Crippen molar-refractivity contribution in [3.63, 3.8) is 0 Å². The molecule has 1 atom stereocenters. The highest BCUT2D eigenvalue weighted by molar-refractivity contribution is 8.00. The maximum Gasteiger partial charge on any atom is 0.237 e. The Balaban J connectivity index is 1.80. The van der Waals surface area contributed by atoms with Gasteiger partial charge in [0.2, 0.25) is 5.91 Å². The highest BCUT2D eigenvalue weighted by Gasteiger charge is 2.21. The number of benzene rings is 2. The molecule has 150 valence electrons. The fourth-order valence-corrected chi connectivity index (χ4v) is 3.86. The van der Waals surface area contributed by atoms with Crippen LogP contribution in [-0.4, -0.2) is 25.9 Å². The summed E-state index contributed by atoms with van der Waals surface area (Å²) in [5, 5.41) is 12.8. The van der Waals surface area contributed by atoms with Gasteiger partial charge in [-0.05, 0) is 43.3 Å². The first-order valence-electron chi connectivity index (χ1n) is 8.62. The summed E-state index contributed by atoms with van der Waals surface area (Å²) >= 11 is 19.4. The smallest absolute Gasteiger partial charge is 0.237 e. The summed E-state index contributed by atoms with van der Waals surface area (Å²) in [4.78, 5) is 12.6. The lowest BCUT2D eigenvalue weighted by atomic mass is 10.2. The summed E-state index contributed by atoms with van der Waals surface area (Å²) in [6.07, 6.45) is 1.75. The van der Waals surface area contributed by atoms with Crippen LogP contribution in [0.15, 0.2) is 60.3 Å². The van der Waals surface area contributed by atoms with Gasteiger partial charge in [-0.3, -0.25) is 9.36 Å². The molecule has 0 saturated carbocycles. The zero-order valence-corrected chi connectivity index (χ0v) is 18.5. The van der Waals surface area contributed by atoms with Gasteiger partial charge in [0, 0.05) is 17.1 Å². The van der Waals surface area contributed by atoms with E-state index in [2.05, 4.69) is 22.1 Å². The molecule has 0 bridgehead atoms. The van der Waals surface area contributed by atoms with Gasteiger partial charge in [0.15, 0.2) is 11.0 Å². The van der Waals surface area contributed by atoms with Gasteiger partial charge in [-0.2, -0.15) is 0 Å². The maximum absolute atomic E-state index is 12.6. The highest BCUT2D eigenvalue weighted by Crippen LogP contribution is 2.31. The number of amides is 1. The molecule has 1 N–H and O–H groups in total. The third-order valence-corrected chi connectivity index (χ3v) is 6.14. The number of nitrogens with zero attached hydrogens (tertiary/aromatic N) is 3. The predicted octanol–water partition coefficient (Wildman–Crippen LogP) is 6.21. The quantitative estimate of drug-likeness (QED) is 0.331. The Kier molecular flexibility index (Phi) is 7.24. The molecule has 0 aliphatic carbocycles. The Morgan fingerprint density at radius 2 is 1.93 bits per heavy atom. The molecule has 5 nitrogen and oxygen atoms in total. The summed E-state index contributed by atoms with van der Waals surface area (Å²) in [5.74, 6) is 0.454. The van der Waals surface area contributed by atoms with E-state index in [0.29, 0.717) is 38.3 Å². The van der Waals surface area contributed by atoms with E-state index < -0.39 is 5.25 Å². The highest BCUT2D eigenvalue weighted by atomic mass is 35.5. The Morgan fingerprint density at radius 3 is 2.62 bits per heavy atom. The van der Waals surface area contributed by atoms with Gasteiger partial charge in [0.05, 0.1) is 21.0 Å². The summed E-state index contributed by atoms with van der Waals surface area (Å²) < 4.78 is 1.90. The average molecular weight is 468 g/mol. The number of thioether (sulfide) groups is 1. The minimum Gasteiger partial charge on any atom is -0.324 e. The molecular weight excluding hydrogens is 451 g/mol. The van der Waals surface area contributed by atoms with Crippen molar-refractivity contribution in [1.82, 2.24) is 14.8 Å². The van der Waals surface area contributed by atoms with E-state index in [9.17, 15) is 4.79 Å². The zero-order valence-electron chi connectivity index (χ0n) is 15.4. The monoisotopic (exact) mass is 466 g/mol. The predicted molar refractivity (Wildman–Crippen MR) is 121 cm³/mol. The Morgan fingerprint density at radius 1 is 1.21 bits per heavy atom. The number of allylic oxidation sites excluding steroid dienone is 1. The second-order valence-electron chi connectivity index (χ2n) is 6.06. The molecular formula is C20H17Cl3N4OS. The van der Waals surface area contributed by atoms with Crippen LogP contribution in [0.2, 0.25) is 15.1 Å². The molecule has 9 heteroatoms. The number of aromatic nitrogens is 3. The van der Waals surface area contributed by atoms with Gasteiger partial charge in [0.1, 0.15) is 0 Å². The number of hydrogen-bond donors (Lipinski definition) is 1. The number of anilines is 1. The van der Waals surface area contributed by atoms with Crippen molar-refractivity contribution in [2.45, 2.75) is 23.9 Å². The fourth-order valence-electron chi connectivity index (χ4n) is 2.53. The van der Waals surface area contributed by atoms with Crippen LogP contribution in [0.5, 0.6) is 0 Å². The Bertz CT molecular complexity index is 1040. The van der Waals surface area contributed by atoms with E-state index in [1.807, 2.05) is 16.7 Å². The van der Waals surface area contributed by atoms with Crippen LogP contribution in [0.3, 0.4) is 0 Å². The number of rotatable bonds is 7. The molecule has 0 aliphatic heterocycles. The van der Waals surface area contributed by atoms with Gasteiger partial charge in [-0.1, -0.05) is 58.7 Å². The van der Waals surface area contributed by atoms with Crippen LogP contribution >= 0.6 is 46.6 Å². The third-order valence-electron chi connectivity index (χ3n) is 3.99. The average Bonchev–Trinajstić information content (AvgIpc) is 3.08. The summed E-state index contributed by atoms with van der Waals surface area (Å²) in [6.45, 7) is 6.09. The number of halogens is 3. The van der Waals surface area contributed by atoms with Crippen LogP contribution in [0.4, 0.5) is 5.69 Å². The molecule has 0 saturated heterocycles. The largest absolute Gasteiger partial charge is 0.324 e. The van der Waals surface area contributed by atoms with Crippen LogP contribution in [0, 0.1) is 0 Å². The van der Waals surface area contributed by atoms with Crippen molar-refractivity contribution >= 4 is 58.2 Å². The normalized spacial score (nSPS) is 11.9. The summed E-state index contributed by atoms with van der Waals surface area (Å²) in [7, 11) is 0.